The number of fused-ring (bicyclic) bond motifs is 1. The van der Waals surface area contributed by atoms with Gasteiger partial charge >= 0.3 is 0 Å². The highest BCUT2D eigenvalue weighted by molar-refractivity contribution is 5.97. The first-order chi connectivity index (χ1) is 15.9. The Balaban J connectivity index is 1.47. The van der Waals surface area contributed by atoms with E-state index in [-0.39, 0.29) is 17.7 Å². The molecule has 2 heterocycles. The molecule has 33 heavy (non-hydrogen) atoms. The van der Waals surface area contributed by atoms with Crippen molar-refractivity contribution in [2.45, 2.75) is 26.4 Å². The van der Waals surface area contributed by atoms with Crippen LogP contribution in [0.2, 0.25) is 0 Å². The van der Waals surface area contributed by atoms with Gasteiger partial charge in [0.25, 0.3) is 5.91 Å². The lowest BCUT2D eigenvalue weighted by molar-refractivity contribution is -0.123. The molecule has 4 N–H and O–H groups in total. The summed E-state index contributed by atoms with van der Waals surface area (Å²) in [5.74, 6) is 1.05. The van der Waals surface area contributed by atoms with E-state index in [2.05, 4.69) is 15.6 Å². The van der Waals surface area contributed by atoms with Gasteiger partial charge in [0.05, 0.1) is 6.54 Å². The average molecular weight is 448 g/mol. The third-order valence-electron chi connectivity index (χ3n) is 5.56. The summed E-state index contributed by atoms with van der Waals surface area (Å²) in [5, 5.41) is 7.75. The number of carbonyl (C=O) groups is 2. The third kappa shape index (κ3) is 5.40. The van der Waals surface area contributed by atoms with Crippen LogP contribution in [-0.2, 0) is 9.59 Å². The van der Waals surface area contributed by atoms with Gasteiger partial charge in [-0.2, -0.15) is 0 Å². The lowest BCUT2D eigenvalue weighted by atomic mass is 10.0. The molecule has 8 heteroatoms. The molecule has 0 aliphatic carbocycles. The Kier molecular flexibility index (Phi) is 6.74. The average Bonchev–Trinajstić information content (AvgIpc) is 2.80. The topological polar surface area (TPSA) is 110 Å². The van der Waals surface area contributed by atoms with Gasteiger partial charge in [-0.25, -0.2) is 4.98 Å². The predicted octanol–water partition coefficient (Wildman–Crippen LogP) is 3.19. The molecule has 3 aromatic rings. The smallest absolute Gasteiger partial charge is 0.265 e. The summed E-state index contributed by atoms with van der Waals surface area (Å²) in [5.41, 5.74) is 7.46. The Morgan fingerprint density at radius 1 is 1.21 bits per heavy atom. The van der Waals surface area contributed by atoms with E-state index in [0.717, 1.165) is 23.0 Å². The monoisotopic (exact) mass is 447 g/mol. The van der Waals surface area contributed by atoms with Gasteiger partial charge in [0.1, 0.15) is 11.6 Å². The van der Waals surface area contributed by atoms with Crippen molar-refractivity contribution >= 4 is 39.8 Å². The van der Waals surface area contributed by atoms with Crippen LogP contribution in [0.25, 0.3) is 10.8 Å². The maximum absolute atomic E-state index is 13.1. The number of nitrogen functional groups attached to an aromatic ring is 1. The van der Waals surface area contributed by atoms with Crippen molar-refractivity contribution in [2.24, 2.45) is 5.92 Å². The van der Waals surface area contributed by atoms with Crippen molar-refractivity contribution in [3.05, 3.63) is 54.7 Å². The van der Waals surface area contributed by atoms with Gasteiger partial charge in [-0.3, -0.25) is 9.59 Å². The summed E-state index contributed by atoms with van der Waals surface area (Å²) in [6.07, 6.45) is 1.55. The second-order valence-corrected chi connectivity index (χ2v) is 8.57. The highest BCUT2D eigenvalue weighted by Gasteiger charge is 2.23. The minimum absolute atomic E-state index is 0.0367. The van der Waals surface area contributed by atoms with Crippen LogP contribution in [0, 0.1) is 5.92 Å². The molecule has 172 valence electrons. The molecule has 1 unspecified atom stereocenters. The molecule has 1 aliphatic heterocycles. The first-order valence-electron chi connectivity index (χ1n) is 11.1. The van der Waals surface area contributed by atoms with Crippen molar-refractivity contribution in [3.63, 3.8) is 0 Å². The second-order valence-electron chi connectivity index (χ2n) is 8.57. The number of rotatable bonds is 7. The Bertz CT molecular complexity index is 1150. The number of nitrogens with one attached hydrogen (secondary N) is 2. The minimum atomic E-state index is -0.672. The zero-order valence-corrected chi connectivity index (χ0v) is 18.9. The van der Waals surface area contributed by atoms with E-state index in [9.17, 15) is 9.59 Å². The van der Waals surface area contributed by atoms with E-state index in [1.165, 1.54) is 0 Å². The van der Waals surface area contributed by atoms with Gasteiger partial charge in [-0.05, 0) is 60.2 Å². The number of anilines is 3. The van der Waals surface area contributed by atoms with Gasteiger partial charge in [-0.15, -0.1) is 0 Å². The normalized spacial score (nSPS) is 15.0. The van der Waals surface area contributed by atoms with Crippen LogP contribution in [-0.4, -0.2) is 42.5 Å². The highest BCUT2D eigenvalue weighted by atomic mass is 16.5. The largest absolute Gasteiger partial charge is 0.481 e. The SMILES string of the molecule is CC(C)CC(Oc1ccc2ccnc(N)c2c1)C(=O)Nc1ccc(N2CCNCC2=O)cc1. The number of pyridine rings is 1. The molecule has 1 fully saturated rings. The summed E-state index contributed by atoms with van der Waals surface area (Å²) in [6.45, 7) is 5.81. The number of nitrogens with two attached hydrogens (primary N) is 1. The number of hydrogen-bond donors (Lipinski definition) is 3. The standard InChI is InChI=1S/C25H29N5O3/c1-16(2)13-22(33-20-8-3-17-9-10-28-24(26)21(17)14-20)25(32)29-18-4-6-19(7-5-18)30-12-11-27-15-23(30)31/h3-10,14,16,22,27H,11-13,15H2,1-2H3,(H2,26,28)(H,29,32). The number of ether oxygens (including phenoxy) is 1. The number of carbonyl (C=O) groups excluding carboxylic acids is 2. The maximum Gasteiger partial charge on any atom is 0.265 e. The first kappa shape index (κ1) is 22.5. The molecule has 1 saturated heterocycles. The summed E-state index contributed by atoms with van der Waals surface area (Å²) in [6, 6.07) is 14.7. The second kappa shape index (κ2) is 9.87. The van der Waals surface area contributed by atoms with E-state index < -0.39 is 6.10 Å². The van der Waals surface area contributed by atoms with Crippen LogP contribution in [0.1, 0.15) is 20.3 Å². The fraction of sp³-hybridized carbons (Fsp3) is 0.320. The Morgan fingerprint density at radius 3 is 2.73 bits per heavy atom. The van der Waals surface area contributed by atoms with E-state index >= 15 is 0 Å². The lowest BCUT2D eigenvalue weighted by Gasteiger charge is -2.27. The summed E-state index contributed by atoms with van der Waals surface area (Å²) < 4.78 is 6.10. The molecule has 0 spiro atoms. The Labute approximate surface area is 193 Å². The lowest BCUT2D eigenvalue weighted by Crippen LogP contribution is -2.48. The fourth-order valence-corrected chi connectivity index (χ4v) is 3.87. The van der Waals surface area contributed by atoms with Gasteiger partial charge in [-0.1, -0.05) is 19.9 Å². The zero-order chi connectivity index (χ0) is 23.4. The van der Waals surface area contributed by atoms with Crippen LogP contribution >= 0.6 is 0 Å². The van der Waals surface area contributed by atoms with E-state index in [1.54, 1.807) is 23.2 Å². The predicted molar refractivity (Wildman–Crippen MR) is 130 cm³/mol. The van der Waals surface area contributed by atoms with Crippen molar-refractivity contribution in [2.75, 3.05) is 35.6 Å². The summed E-state index contributed by atoms with van der Waals surface area (Å²) in [4.78, 5) is 31.0. The Morgan fingerprint density at radius 2 is 2.00 bits per heavy atom. The quantitative estimate of drug-likeness (QED) is 0.513. The van der Waals surface area contributed by atoms with Crippen LogP contribution in [0.15, 0.2) is 54.7 Å². The molecule has 4 rings (SSSR count). The number of amides is 2. The number of aromatic nitrogens is 1. The number of hydrogen-bond acceptors (Lipinski definition) is 6. The van der Waals surface area contributed by atoms with Gasteiger partial charge in [0, 0.05) is 36.0 Å². The minimum Gasteiger partial charge on any atom is -0.481 e. The van der Waals surface area contributed by atoms with E-state index in [0.29, 0.717) is 36.8 Å². The number of nitrogens with zero attached hydrogens (tertiary/aromatic N) is 2. The van der Waals surface area contributed by atoms with Crippen LogP contribution in [0.3, 0.4) is 0 Å². The third-order valence-corrected chi connectivity index (χ3v) is 5.56. The van der Waals surface area contributed by atoms with Crippen LogP contribution < -0.4 is 26.0 Å². The maximum atomic E-state index is 13.1. The van der Waals surface area contributed by atoms with Crippen molar-refractivity contribution in [3.8, 4) is 5.75 Å². The molecule has 0 saturated carbocycles. The molecular weight excluding hydrogens is 418 g/mol. The molecular formula is C25H29N5O3. The van der Waals surface area contributed by atoms with Crippen molar-refractivity contribution in [1.82, 2.24) is 10.3 Å². The number of benzene rings is 2. The molecule has 2 amide bonds. The van der Waals surface area contributed by atoms with E-state index in [1.807, 2.05) is 50.2 Å². The van der Waals surface area contributed by atoms with E-state index in [4.69, 9.17) is 10.5 Å². The van der Waals surface area contributed by atoms with Gasteiger partial charge in [0.2, 0.25) is 5.91 Å². The molecule has 1 aromatic heterocycles. The summed E-state index contributed by atoms with van der Waals surface area (Å²) >= 11 is 0. The fourth-order valence-electron chi connectivity index (χ4n) is 3.87. The van der Waals surface area contributed by atoms with Crippen LogP contribution in [0.5, 0.6) is 5.75 Å². The number of piperazine rings is 1. The summed E-state index contributed by atoms with van der Waals surface area (Å²) in [7, 11) is 0. The van der Waals surface area contributed by atoms with Crippen LogP contribution in [0.4, 0.5) is 17.2 Å². The zero-order valence-electron chi connectivity index (χ0n) is 18.9. The van der Waals surface area contributed by atoms with Gasteiger partial charge in [0.15, 0.2) is 6.10 Å². The molecule has 8 nitrogen and oxygen atoms in total. The molecule has 1 aliphatic rings. The Hall–Kier alpha value is -3.65. The van der Waals surface area contributed by atoms with Crippen molar-refractivity contribution < 1.29 is 14.3 Å². The molecule has 1 atom stereocenters. The molecule has 0 radical (unpaired) electrons. The van der Waals surface area contributed by atoms with Gasteiger partial charge < -0.3 is 26.0 Å². The van der Waals surface area contributed by atoms with Crippen molar-refractivity contribution in [1.29, 1.82) is 0 Å². The molecule has 0 bridgehead atoms. The highest BCUT2D eigenvalue weighted by Crippen LogP contribution is 2.26. The first-order valence-corrected chi connectivity index (χ1v) is 11.1. The molecule has 2 aromatic carbocycles.